The molecule has 0 saturated carbocycles. The minimum absolute atomic E-state index is 0.108. The molecule has 0 spiro atoms. The molecule has 0 radical (unpaired) electrons. The van der Waals surface area contributed by atoms with Crippen LogP contribution in [0.2, 0.25) is 0 Å². The number of sulfone groups is 1. The SMILES string of the molecule is CC(C)(N)Cc1ccc(OC2CS(=O)(=O)C2)c(Br)c1. The molecule has 19 heavy (non-hydrogen) atoms. The van der Waals surface area contributed by atoms with Gasteiger partial charge < -0.3 is 10.5 Å². The number of nitrogens with two attached hydrogens (primary N) is 1. The maximum atomic E-state index is 11.1. The Labute approximate surface area is 122 Å². The van der Waals surface area contributed by atoms with E-state index in [1.54, 1.807) is 0 Å². The summed E-state index contributed by atoms with van der Waals surface area (Å²) in [6, 6.07) is 5.79. The summed E-state index contributed by atoms with van der Waals surface area (Å²) in [6.45, 7) is 3.95. The lowest BCUT2D eigenvalue weighted by molar-refractivity contribution is 0.229. The summed E-state index contributed by atoms with van der Waals surface area (Å²) in [5.41, 5.74) is 6.84. The maximum Gasteiger partial charge on any atom is 0.157 e. The summed E-state index contributed by atoms with van der Waals surface area (Å²) in [5, 5.41) is 0. The van der Waals surface area contributed by atoms with Crippen LogP contribution in [0.4, 0.5) is 0 Å². The van der Waals surface area contributed by atoms with Crippen molar-refractivity contribution in [3.05, 3.63) is 28.2 Å². The molecule has 0 bridgehead atoms. The van der Waals surface area contributed by atoms with Crippen LogP contribution in [0.25, 0.3) is 0 Å². The van der Waals surface area contributed by atoms with Crippen molar-refractivity contribution in [2.75, 3.05) is 11.5 Å². The topological polar surface area (TPSA) is 69.4 Å². The Hall–Kier alpha value is -0.590. The average molecular weight is 348 g/mol. The molecule has 1 aliphatic heterocycles. The van der Waals surface area contributed by atoms with Gasteiger partial charge in [-0.15, -0.1) is 0 Å². The van der Waals surface area contributed by atoms with Gasteiger partial charge in [-0.3, -0.25) is 0 Å². The number of halogens is 1. The first-order valence-corrected chi connectivity index (χ1v) is 8.70. The van der Waals surface area contributed by atoms with Crippen molar-refractivity contribution in [2.24, 2.45) is 5.73 Å². The molecule has 1 aromatic carbocycles. The van der Waals surface area contributed by atoms with Crippen molar-refractivity contribution < 1.29 is 13.2 Å². The van der Waals surface area contributed by atoms with E-state index >= 15 is 0 Å². The van der Waals surface area contributed by atoms with Gasteiger partial charge in [0.05, 0.1) is 16.0 Å². The monoisotopic (exact) mass is 347 g/mol. The second-order valence-electron chi connectivity index (χ2n) is 5.75. The van der Waals surface area contributed by atoms with Crippen molar-refractivity contribution in [1.29, 1.82) is 0 Å². The van der Waals surface area contributed by atoms with E-state index in [1.165, 1.54) is 0 Å². The van der Waals surface area contributed by atoms with Crippen molar-refractivity contribution in [3.63, 3.8) is 0 Å². The molecule has 0 amide bonds. The predicted molar refractivity (Wildman–Crippen MR) is 79.2 cm³/mol. The molecular weight excluding hydrogens is 330 g/mol. The highest BCUT2D eigenvalue weighted by molar-refractivity contribution is 9.10. The largest absolute Gasteiger partial charge is 0.487 e. The van der Waals surface area contributed by atoms with Crippen LogP contribution in [0.5, 0.6) is 5.75 Å². The second kappa shape index (κ2) is 5.07. The lowest BCUT2D eigenvalue weighted by Crippen LogP contribution is -2.45. The van der Waals surface area contributed by atoms with E-state index < -0.39 is 9.84 Å². The first-order valence-electron chi connectivity index (χ1n) is 6.09. The molecule has 1 aliphatic rings. The number of hydrogen-bond donors (Lipinski definition) is 1. The Kier molecular flexibility index (Phi) is 3.95. The van der Waals surface area contributed by atoms with E-state index in [-0.39, 0.29) is 23.1 Å². The zero-order valence-electron chi connectivity index (χ0n) is 11.0. The molecule has 106 valence electrons. The quantitative estimate of drug-likeness (QED) is 0.902. The third kappa shape index (κ3) is 4.19. The van der Waals surface area contributed by atoms with Gasteiger partial charge in [0, 0.05) is 5.54 Å². The standard InChI is InChI=1S/C13H18BrNO3S/c1-13(2,15)6-9-3-4-12(11(14)5-9)18-10-7-19(16,17)8-10/h3-5,10H,6-8,15H2,1-2H3. The van der Waals surface area contributed by atoms with Crippen LogP contribution >= 0.6 is 15.9 Å². The molecule has 0 aliphatic carbocycles. The minimum Gasteiger partial charge on any atom is -0.487 e. The predicted octanol–water partition coefficient (Wildman–Crippen LogP) is 1.90. The van der Waals surface area contributed by atoms with Crippen molar-refractivity contribution in [2.45, 2.75) is 31.9 Å². The highest BCUT2D eigenvalue weighted by atomic mass is 79.9. The summed E-state index contributed by atoms with van der Waals surface area (Å²) < 4.78 is 28.6. The molecule has 1 saturated heterocycles. The smallest absolute Gasteiger partial charge is 0.157 e. The minimum atomic E-state index is -2.85. The average Bonchev–Trinajstić information content (AvgIpc) is 2.16. The van der Waals surface area contributed by atoms with E-state index in [9.17, 15) is 8.42 Å². The highest BCUT2D eigenvalue weighted by Crippen LogP contribution is 2.30. The van der Waals surface area contributed by atoms with Gasteiger partial charge >= 0.3 is 0 Å². The zero-order chi connectivity index (χ0) is 14.3. The number of rotatable bonds is 4. The van der Waals surface area contributed by atoms with Gasteiger partial charge in [0.1, 0.15) is 11.9 Å². The van der Waals surface area contributed by atoms with Crippen molar-refractivity contribution in [3.8, 4) is 5.75 Å². The van der Waals surface area contributed by atoms with Crippen LogP contribution in [0.1, 0.15) is 19.4 Å². The molecule has 4 nitrogen and oxygen atoms in total. The fourth-order valence-electron chi connectivity index (χ4n) is 2.04. The molecule has 0 aromatic heterocycles. The lowest BCUT2D eigenvalue weighted by Gasteiger charge is -2.27. The molecule has 1 fully saturated rings. The van der Waals surface area contributed by atoms with Gasteiger partial charge in [0.2, 0.25) is 0 Å². The number of benzene rings is 1. The third-order valence-electron chi connectivity index (χ3n) is 2.83. The number of ether oxygens (including phenoxy) is 1. The van der Waals surface area contributed by atoms with Crippen LogP contribution in [0.3, 0.4) is 0 Å². The van der Waals surface area contributed by atoms with Crippen molar-refractivity contribution >= 4 is 25.8 Å². The normalized spacial score (nSPS) is 18.9. The fourth-order valence-corrected chi connectivity index (χ4v) is 3.73. The van der Waals surface area contributed by atoms with E-state index in [0.29, 0.717) is 5.75 Å². The molecule has 6 heteroatoms. The van der Waals surface area contributed by atoms with Crippen LogP contribution in [-0.4, -0.2) is 31.6 Å². The zero-order valence-corrected chi connectivity index (χ0v) is 13.4. The maximum absolute atomic E-state index is 11.1. The summed E-state index contributed by atoms with van der Waals surface area (Å²) in [5.74, 6) is 0.895. The van der Waals surface area contributed by atoms with Gasteiger partial charge in [0.15, 0.2) is 9.84 Å². The van der Waals surface area contributed by atoms with E-state index in [2.05, 4.69) is 15.9 Å². The number of hydrogen-bond acceptors (Lipinski definition) is 4. The molecule has 2 N–H and O–H groups in total. The second-order valence-corrected chi connectivity index (χ2v) is 8.76. The molecule has 1 heterocycles. The fraction of sp³-hybridized carbons (Fsp3) is 0.538. The summed E-state index contributed by atoms with van der Waals surface area (Å²) in [4.78, 5) is 0. The summed E-state index contributed by atoms with van der Waals surface area (Å²) in [7, 11) is -2.85. The van der Waals surface area contributed by atoms with Crippen molar-refractivity contribution in [1.82, 2.24) is 0 Å². The molecule has 0 unspecified atom stereocenters. The van der Waals surface area contributed by atoms with Crippen LogP contribution in [0.15, 0.2) is 22.7 Å². The third-order valence-corrected chi connectivity index (χ3v) is 5.21. The Bertz CT molecular complexity index is 566. The Morgan fingerprint density at radius 1 is 1.42 bits per heavy atom. The van der Waals surface area contributed by atoms with Gasteiger partial charge in [-0.2, -0.15) is 0 Å². The molecule has 1 aromatic rings. The van der Waals surface area contributed by atoms with Gasteiger partial charge in [0.25, 0.3) is 0 Å². The van der Waals surface area contributed by atoms with Gasteiger partial charge in [-0.25, -0.2) is 8.42 Å². The summed E-state index contributed by atoms with van der Waals surface area (Å²) >= 11 is 3.45. The Morgan fingerprint density at radius 3 is 2.53 bits per heavy atom. The summed E-state index contributed by atoms with van der Waals surface area (Å²) in [6.07, 6.45) is 0.544. The molecule has 0 atom stereocenters. The van der Waals surface area contributed by atoms with Crippen LogP contribution in [0, 0.1) is 0 Å². The lowest BCUT2D eigenvalue weighted by atomic mass is 9.96. The van der Waals surface area contributed by atoms with E-state index in [0.717, 1.165) is 16.5 Å². The Balaban J connectivity index is 2.04. The highest BCUT2D eigenvalue weighted by Gasteiger charge is 2.35. The van der Waals surface area contributed by atoms with Crippen LogP contribution in [-0.2, 0) is 16.3 Å². The van der Waals surface area contributed by atoms with Crippen LogP contribution < -0.4 is 10.5 Å². The van der Waals surface area contributed by atoms with Gasteiger partial charge in [-0.1, -0.05) is 6.07 Å². The Morgan fingerprint density at radius 2 is 2.05 bits per heavy atom. The first kappa shape index (κ1) is 14.8. The molecular formula is C13H18BrNO3S. The molecule has 2 rings (SSSR count). The van der Waals surface area contributed by atoms with E-state index in [4.69, 9.17) is 10.5 Å². The van der Waals surface area contributed by atoms with E-state index in [1.807, 2.05) is 32.0 Å². The van der Waals surface area contributed by atoms with Gasteiger partial charge in [-0.05, 0) is 53.9 Å². The first-order chi connectivity index (χ1) is 8.65.